The summed E-state index contributed by atoms with van der Waals surface area (Å²) >= 11 is 1.95. The lowest BCUT2D eigenvalue weighted by Crippen LogP contribution is -2.23. The first kappa shape index (κ1) is 15.7. The van der Waals surface area contributed by atoms with Gasteiger partial charge in [-0.3, -0.25) is 4.79 Å². The minimum Gasteiger partial charge on any atom is -0.409 e. The molecule has 1 saturated heterocycles. The smallest absolute Gasteiger partial charge is 0.224 e. The molecular formula is C15H21N3O2S. The Bertz CT molecular complexity index is 540. The summed E-state index contributed by atoms with van der Waals surface area (Å²) in [6.07, 6.45) is 2.72. The van der Waals surface area contributed by atoms with Crippen molar-refractivity contribution in [1.29, 1.82) is 0 Å². The SMILES string of the molecule is Cc1cccc(NC(=O)CC2CCSCC2)c1/C(N)=N/O. The molecule has 1 aliphatic heterocycles. The van der Waals surface area contributed by atoms with Crippen molar-refractivity contribution >= 4 is 29.2 Å². The summed E-state index contributed by atoms with van der Waals surface area (Å²) in [5, 5.41) is 14.8. The van der Waals surface area contributed by atoms with Crippen LogP contribution < -0.4 is 11.1 Å². The molecule has 4 N–H and O–H groups in total. The molecule has 0 aliphatic carbocycles. The van der Waals surface area contributed by atoms with Crippen LogP contribution in [0.4, 0.5) is 5.69 Å². The van der Waals surface area contributed by atoms with Gasteiger partial charge in [0, 0.05) is 12.0 Å². The molecule has 0 saturated carbocycles. The Hall–Kier alpha value is -1.69. The summed E-state index contributed by atoms with van der Waals surface area (Å²) in [4.78, 5) is 12.2. The van der Waals surface area contributed by atoms with E-state index in [1.54, 1.807) is 6.07 Å². The fourth-order valence-electron chi connectivity index (χ4n) is 2.58. The van der Waals surface area contributed by atoms with Gasteiger partial charge < -0.3 is 16.3 Å². The number of carbonyl (C=O) groups is 1. The van der Waals surface area contributed by atoms with Crippen LogP contribution in [0.3, 0.4) is 0 Å². The van der Waals surface area contributed by atoms with Crippen molar-refractivity contribution in [1.82, 2.24) is 0 Å². The number of hydrogen-bond donors (Lipinski definition) is 3. The Morgan fingerprint density at radius 3 is 2.86 bits per heavy atom. The van der Waals surface area contributed by atoms with Crippen LogP contribution in [0.1, 0.15) is 30.4 Å². The van der Waals surface area contributed by atoms with Crippen molar-refractivity contribution in [2.75, 3.05) is 16.8 Å². The second-order valence-corrected chi connectivity index (χ2v) is 6.52. The summed E-state index contributed by atoms with van der Waals surface area (Å²) < 4.78 is 0. The monoisotopic (exact) mass is 307 g/mol. The first-order valence-electron chi connectivity index (χ1n) is 7.07. The normalized spacial score (nSPS) is 16.7. The molecule has 0 bridgehead atoms. The van der Waals surface area contributed by atoms with Gasteiger partial charge in [0.25, 0.3) is 0 Å². The average molecular weight is 307 g/mol. The van der Waals surface area contributed by atoms with E-state index in [9.17, 15) is 4.79 Å². The third kappa shape index (κ3) is 4.14. The van der Waals surface area contributed by atoms with Crippen molar-refractivity contribution in [3.05, 3.63) is 29.3 Å². The molecule has 114 valence electrons. The number of amidine groups is 1. The van der Waals surface area contributed by atoms with Gasteiger partial charge in [0.15, 0.2) is 5.84 Å². The van der Waals surface area contributed by atoms with Gasteiger partial charge in [-0.2, -0.15) is 11.8 Å². The third-order valence-corrected chi connectivity index (χ3v) is 4.77. The molecule has 0 unspecified atom stereocenters. The van der Waals surface area contributed by atoms with E-state index in [0.29, 0.717) is 23.6 Å². The summed E-state index contributed by atoms with van der Waals surface area (Å²) in [5.41, 5.74) is 7.73. The van der Waals surface area contributed by atoms with E-state index in [1.165, 1.54) is 0 Å². The minimum atomic E-state index is -0.00973. The predicted octanol–water partition coefficient (Wildman–Crippen LogP) is 2.56. The van der Waals surface area contributed by atoms with Crippen LogP contribution in [0.5, 0.6) is 0 Å². The van der Waals surface area contributed by atoms with Crippen molar-refractivity contribution < 1.29 is 10.0 Å². The molecule has 0 spiro atoms. The number of rotatable bonds is 4. The zero-order valence-electron chi connectivity index (χ0n) is 12.1. The predicted molar refractivity (Wildman–Crippen MR) is 87.0 cm³/mol. The van der Waals surface area contributed by atoms with Crippen molar-refractivity contribution in [3.63, 3.8) is 0 Å². The highest BCUT2D eigenvalue weighted by molar-refractivity contribution is 7.99. The zero-order valence-corrected chi connectivity index (χ0v) is 12.9. The van der Waals surface area contributed by atoms with Crippen LogP contribution in [0.2, 0.25) is 0 Å². The van der Waals surface area contributed by atoms with E-state index in [0.717, 1.165) is 29.9 Å². The quantitative estimate of drug-likeness (QED) is 0.345. The molecule has 21 heavy (non-hydrogen) atoms. The van der Waals surface area contributed by atoms with E-state index in [2.05, 4.69) is 10.5 Å². The lowest BCUT2D eigenvalue weighted by molar-refractivity contribution is -0.117. The second-order valence-electron chi connectivity index (χ2n) is 5.29. The summed E-state index contributed by atoms with van der Waals surface area (Å²) in [6.45, 7) is 1.86. The highest BCUT2D eigenvalue weighted by Crippen LogP contribution is 2.26. The highest BCUT2D eigenvalue weighted by Gasteiger charge is 2.19. The first-order valence-corrected chi connectivity index (χ1v) is 8.22. The molecule has 0 radical (unpaired) electrons. The molecule has 0 atom stereocenters. The van der Waals surface area contributed by atoms with Crippen LogP contribution >= 0.6 is 11.8 Å². The number of nitrogens with two attached hydrogens (primary N) is 1. The highest BCUT2D eigenvalue weighted by atomic mass is 32.2. The maximum Gasteiger partial charge on any atom is 0.224 e. The molecule has 2 rings (SSSR count). The molecule has 1 aliphatic rings. The van der Waals surface area contributed by atoms with Gasteiger partial charge in [0.1, 0.15) is 0 Å². The molecule has 1 heterocycles. The number of aryl methyl sites for hydroxylation is 1. The number of nitrogens with one attached hydrogen (secondary N) is 1. The van der Waals surface area contributed by atoms with E-state index < -0.39 is 0 Å². The maximum atomic E-state index is 12.2. The van der Waals surface area contributed by atoms with Crippen LogP contribution in [0, 0.1) is 12.8 Å². The van der Waals surface area contributed by atoms with Crippen molar-refractivity contribution in [3.8, 4) is 0 Å². The minimum absolute atomic E-state index is 0.00973. The van der Waals surface area contributed by atoms with E-state index in [4.69, 9.17) is 10.9 Å². The number of hydrogen-bond acceptors (Lipinski definition) is 4. The van der Waals surface area contributed by atoms with Gasteiger partial charge in [-0.1, -0.05) is 17.3 Å². The van der Waals surface area contributed by atoms with Gasteiger partial charge in [-0.15, -0.1) is 0 Å². The number of nitrogens with zero attached hydrogens (tertiary/aromatic N) is 1. The Balaban J connectivity index is 2.08. The Labute approximate surface area is 129 Å². The summed E-state index contributed by atoms with van der Waals surface area (Å²) in [6, 6.07) is 5.48. The molecule has 5 nitrogen and oxygen atoms in total. The van der Waals surface area contributed by atoms with Crippen molar-refractivity contribution in [2.24, 2.45) is 16.8 Å². The largest absolute Gasteiger partial charge is 0.409 e. The van der Waals surface area contributed by atoms with Gasteiger partial charge in [0.2, 0.25) is 5.91 Å². The Morgan fingerprint density at radius 2 is 2.19 bits per heavy atom. The third-order valence-electron chi connectivity index (χ3n) is 3.73. The molecular weight excluding hydrogens is 286 g/mol. The summed E-state index contributed by atoms with van der Waals surface area (Å²) in [7, 11) is 0. The topological polar surface area (TPSA) is 87.7 Å². The fraction of sp³-hybridized carbons (Fsp3) is 0.467. The molecule has 0 aromatic heterocycles. The van der Waals surface area contributed by atoms with Gasteiger partial charge in [-0.25, -0.2) is 0 Å². The molecule has 1 amide bonds. The van der Waals surface area contributed by atoms with Crippen molar-refractivity contribution in [2.45, 2.75) is 26.2 Å². The average Bonchev–Trinajstić information content (AvgIpc) is 2.47. The molecule has 1 aromatic carbocycles. The van der Waals surface area contributed by atoms with E-state index >= 15 is 0 Å². The number of carbonyl (C=O) groups excluding carboxylic acids is 1. The lowest BCUT2D eigenvalue weighted by Gasteiger charge is -2.21. The fourth-order valence-corrected chi connectivity index (χ4v) is 3.78. The van der Waals surface area contributed by atoms with E-state index in [1.807, 2.05) is 30.8 Å². The number of amides is 1. The van der Waals surface area contributed by atoms with Crippen LogP contribution in [-0.4, -0.2) is 28.5 Å². The standard InChI is InChI=1S/C15H21N3O2S/c1-10-3-2-4-12(14(10)15(16)18-20)17-13(19)9-11-5-7-21-8-6-11/h2-4,11,20H,5-9H2,1H3,(H2,16,18)(H,17,19). The van der Waals surface area contributed by atoms with Gasteiger partial charge in [-0.05, 0) is 48.8 Å². The number of anilines is 1. The molecule has 1 aromatic rings. The van der Waals surface area contributed by atoms with Crippen LogP contribution in [0.25, 0.3) is 0 Å². The lowest BCUT2D eigenvalue weighted by atomic mass is 9.98. The van der Waals surface area contributed by atoms with Crippen LogP contribution in [0.15, 0.2) is 23.4 Å². The number of benzene rings is 1. The van der Waals surface area contributed by atoms with Gasteiger partial charge in [0.05, 0.1) is 5.69 Å². The maximum absolute atomic E-state index is 12.2. The summed E-state index contributed by atoms with van der Waals surface area (Å²) in [5.74, 6) is 2.74. The second kappa shape index (κ2) is 7.36. The Kier molecular flexibility index (Phi) is 5.50. The zero-order chi connectivity index (χ0) is 15.2. The van der Waals surface area contributed by atoms with Crippen LogP contribution in [-0.2, 0) is 4.79 Å². The van der Waals surface area contributed by atoms with E-state index in [-0.39, 0.29) is 11.7 Å². The molecule has 1 fully saturated rings. The number of thioether (sulfide) groups is 1. The molecule has 6 heteroatoms. The Morgan fingerprint density at radius 1 is 1.48 bits per heavy atom. The van der Waals surface area contributed by atoms with Gasteiger partial charge >= 0.3 is 0 Å². The number of oxime groups is 1. The first-order chi connectivity index (χ1) is 10.1.